The first-order chi connectivity index (χ1) is 17.5. The zero-order valence-corrected chi connectivity index (χ0v) is 22.9. The van der Waals surface area contributed by atoms with Crippen LogP contribution in [0.1, 0.15) is 76.2 Å². The maximum absolute atomic E-state index is 10.5. The molecule has 3 heterocycles. The molecule has 0 bridgehead atoms. The maximum atomic E-state index is 10.5. The lowest BCUT2D eigenvalue weighted by Gasteiger charge is -2.37. The Balaban J connectivity index is 0.000000183. The minimum absolute atomic E-state index is 0.377. The van der Waals surface area contributed by atoms with Gasteiger partial charge >= 0.3 is 0 Å². The summed E-state index contributed by atoms with van der Waals surface area (Å²) in [6.07, 6.45) is 15.4. The molecule has 6 heteroatoms. The third kappa shape index (κ3) is 8.97. The Morgan fingerprint density at radius 2 is 1.86 bits per heavy atom. The van der Waals surface area contributed by atoms with E-state index in [1.807, 2.05) is 23.1 Å². The fraction of sp³-hybridized carbons (Fsp3) is 0.733. The molecule has 1 saturated carbocycles. The van der Waals surface area contributed by atoms with Crippen molar-refractivity contribution in [2.75, 3.05) is 40.3 Å². The molecule has 5 rings (SSSR count). The zero-order chi connectivity index (χ0) is 25.8. The Kier molecular flexibility index (Phi) is 11.9. The first-order valence-electron chi connectivity index (χ1n) is 14.2. The number of carbonyl (C=O) groups excluding carboxylic acids is 2. The molecule has 0 radical (unpaired) electrons. The van der Waals surface area contributed by atoms with Gasteiger partial charge in [-0.1, -0.05) is 35.9 Å². The molecule has 1 amide bonds. The first kappa shape index (κ1) is 28.8. The Morgan fingerprint density at radius 3 is 2.33 bits per heavy atom. The summed E-state index contributed by atoms with van der Waals surface area (Å²) in [7, 11) is 4.47. The molecule has 2 unspecified atom stereocenters. The number of likely N-dealkylation sites (N-methyl/N-ethyl adjacent to an activating group) is 1. The number of aldehydes is 1. The van der Waals surface area contributed by atoms with Gasteiger partial charge in [0.1, 0.15) is 6.29 Å². The highest BCUT2D eigenvalue weighted by atomic mass is 16.5. The molecule has 4 fully saturated rings. The summed E-state index contributed by atoms with van der Waals surface area (Å²) in [6.45, 7) is 6.30. The molecular formula is C30H49N3O3. The second-order valence-electron chi connectivity index (χ2n) is 11.3. The number of likely N-dealkylation sites (tertiary alicyclic amines) is 2. The van der Waals surface area contributed by atoms with Crippen molar-refractivity contribution in [3.05, 3.63) is 35.9 Å². The van der Waals surface area contributed by atoms with Crippen molar-refractivity contribution in [2.45, 2.75) is 101 Å². The average Bonchev–Trinajstić information content (AvgIpc) is 3.34. The Hall–Kier alpha value is -1.76. The van der Waals surface area contributed by atoms with Crippen LogP contribution in [0.2, 0.25) is 0 Å². The fourth-order valence-corrected chi connectivity index (χ4v) is 5.78. The van der Waals surface area contributed by atoms with Crippen LogP contribution < -0.4 is 0 Å². The van der Waals surface area contributed by atoms with Crippen LogP contribution in [0.3, 0.4) is 0 Å². The van der Waals surface area contributed by atoms with Gasteiger partial charge < -0.3 is 24.2 Å². The summed E-state index contributed by atoms with van der Waals surface area (Å²) in [6, 6.07) is 11.6. The highest BCUT2D eigenvalue weighted by molar-refractivity contribution is 5.51. The number of rotatable bonds is 10. The fourth-order valence-electron chi connectivity index (χ4n) is 5.78. The molecule has 202 valence electrons. The van der Waals surface area contributed by atoms with Crippen LogP contribution in [-0.2, 0) is 14.3 Å². The molecule has 0 N–H and O–H groups in total. The predicted molar refractivity (Wildman–Crippen MR) is 146 cm³/mol. The van der Waals surface area contributed by atoms with Crippen LogP contribution in [0, 0.1) is 6.92 Å². The molecule has 36 heavy (non-hydrogen) atoms. The zero-order valence-electron chi connectivity index (χ0n) is 22.9. The highest BCUT2D eigenvalue weighted by Gasteiger charge is 2.50. The topological polar surface area (TPSA) is 53.1 Å². The summed E-state index contributed by atoms with van der Waals surface area (Å²) < 4.78 is 5.56. The average molecular weight is 500 g/mol. The quantitative estimate of drug-likeness (QED) is 0.345. The summed E-state index contributed by atoms with van der Waals surface area (Å²) in [4.78, 5) is 27.9. The van der Waals surface area contributed by atoms with Crippen molar-refractivity contribution in [1.29, 1.82) is 0 Å². The minimum Gasteiger partial charge on any atom is -0.377 e. The van der Waals surface area contributed by atoms with Gasteiger partial charge in [0, 0.05) is 43.7 Å². The number of hydrogen-bond acceptors (Lipinski definition) is 5. The molecule has 4 aliphatic rings. The number of carbonyl (C=O) groups is 2. The molecule has 1 aliphatic carbocycles. The first-order valence-corrected chi connectivity index (χ1v) is 14.2. The Morgan fingerprint density at radius 1 is 1.11 bits per heavy atom. The molecule has 3 saturated heterocycles. The van der Waals surface area contributed by atoms with E-state index in [2.05, 4.69) is 43.0 Å². The largest absolute Gasteiger partial charge is 0.377 e. The van der Waals surface area contributed by atoms with Gasteiger partial charge in [0.15, 0.2) is 0 Å². The molecule has 3 atom stereocenters. The summed E-state index contributed by atoms with van der Waals surface area (Å²) >= 11 is 0. The summed E-state index contributed by atoms with van der Waals surface area (Å²) in [5.74, 6) is 0. The molecular weight excluding hydrogens is 450 g/mol. The monoisotopic (exact) mass is 499 g/mol. The van der Waals surface area contributed by atoms with E-state index in [1.54, 1.807) is 0 Å². The second kappa shape index (κ2) is 14.8. The van der Waals surface area contributed by atoms with Gasteiger partial charge in [-0.2, -0.15) is 0 Å². The minimum atomic E-state index is 0.377. The summed E-state index contributed by atoms with van der Waals surface area (Å²) in [5.41, 5.74) is 1.70. The standard InChI is InChI=1S/C16H30N2O2.C7H11NO.C7H8/c1-17-9-5-7-14(17)12-15(6-3-4-10-19)18(2)13-16-8-11-20-16;9-6-8-5-1-2-7(8)3-4-7;1-7-5-3-2-4-6-7/h10,14-16H,3-9,11-13H2,1-2H3;6H,1-5H2;2-6H,1H3/t14-,15?,16?;;/m1../s1. The van der Waals surface area contributed by atoms with E-state index in [9.17, 15) is 9.59 Å². The molecule has 0 aromatic heterocycles. The number of amides is 1. The van der Waals surface area contributed by atoms with Crippen molar-refractivity contribution >= 4 is 12.7 Å². The third-order valence-electron chi connectivity index (χ3n) is 8.53. The number of unbranched alkanes of at least 4 members (excludes halogenated alkanes) is 1. The number of aryl methyl sites for hydroxylation is 1. The van der Waals surface area contributed by atoms with E-state index >= 15 is 0 Å². The smallest absolute Gasteiger partial charge is 0.210 e. The van der Waals surface area contributed by atoms with Gasteiger partial charge in [0.05, 0.1) is 6.10 Å². The van der Waals surface area contributed by atoms with Crippen molar-refractivity contribution in [3.63, 3.8) is 0 Å². The summed E-state index contributed by atoms with van der Waals surface area (Å²) in [5, 5.41) is 0. The van der Waals surface area contributed by atoms with E-state index in [4.69, 9.17) is 4.74 Å². The van der Waals surface area contributed by atoms with Gasteiger partial charge in [-0.3, -0.25) is 4.79 Å². The van der Waals surface area contributed by atoms with Gasteiger partial charge in [-0.25, -0.2) is 0 Å². The van der Waals surface area contributed by atoms with E-state index in [-0.39, 0.29) is 0 Å². The number of ether oxygens (including phenoxy) is 1. The van der Waals surface area contributed by atoms with Crippen LogP contribution in [0.25, 0.3) is 0 Å². The normalized spacial score (nSPS) is 24.8. The maximum Gasteiger partial charge on any atom is 0.210 e. The van der Waals surface area contributed by atoms with Crippen LogP contribution in [0.4, 0.5) is 0 Å². The van der Waals surface area contributed by atoms with Gasteiger partial charge in [-0.05, 0) is 91.8 Å². The van der Waals surface area contributed by atoms with Crippen LogP contribution in [0.5, 0.6) is 0 Å². The van der Waals surface area contributed by atoms with Crippen molar-refractivity contribution < 1.29 is 14.3 Å². The van der Waals surface area contributed by atoms with Gasteiger partial charge in [0.2, 0.25) is 6.41 Å². The number of hydrogen-bond donors (Lipinski definition) is 0. The van der Waals surface area contributed by atoms with Crippen molar-refractivity contribution in [3.8, 4) is 0 Å². The molecule has 1 aromatic rings. The second-order valence-corrected chi connectivity index (χ2v) is 11.3. The highest BCUT2D eigenvalue weighted by Crippen LogP contribution is 2.48. The van der Waals surface area contributed by atoms with Crippen LogP contribution >= 0.6 is 0 Å². The van der Waals surface area contributed by atoms with Gasteiger partial charge in [-0.15, -0.1) is 0 Å². The van der Waals surface area contributed by atoms with E-state index in [0.717, 1.165) is 51.3 Å². The Labute approximate surface area is 219 Å². The lowest BCUT2D eigenvalue weighted by Crippen LogP contribution is -2.44. The number of nitrogens with zero attached hydrogens (tertiary/aromatic N) is 3. The molecule has 3 aliphatic heterocycles. The van der Waals surface area contributed by atoms with Crippen LogP contribution in [0.15, 0.2) is 30.3 Å². The van der Waals surface area contributed by atoms with E-state index in [1.165, 1.54) is 63.5 Å². The third-order valence-corrected chi connectivity index (χ3v) is 8.53. The molecule has 1 spiro atoms. The van der Waals surface area contributed by atoms with E-state index in [0.29, 0.717) is 24.1 Å². The lowest BCUT2D eigenvalue weighted by atomic mass is 9.98. The van der Waals surface area contributed by atoms with Crippen molar-refractivity contribution in [1.82, 2.24) is 14.7 Å². The SMILES string of the molecule is CN(CC1CCO1)C(CCCC=O)C[C@H]1CCCN1C.Cc1ccccc1.O=CN1CCCC12CC2. The Bertz CT molecular complexity index is 766. The molecule has 1 aromatic carbocycles. The van der Waals surface area contributed by atoms with Crippen LogP contribution in [-0.4, -0.2) is 91.5 Å². The van der Waals surface area contributed by atoms with E-state index < -0.39 is 0 Å². The van der Waals surface area contributed by atoms with Crippen molar-refractivity contribution in [2.24, 2.45) is 0 Å². The predicted octanol–water partition coefficient (Wildman–Crippen LogP) is 4.70. The molecule has 6 nitrogen and oxygen atoms in total. The van der Waals surface area contributed by atoms with Gasteiger partial charge in [0.25, 0.3) is 0 Å². The number of benzene rings is 1. The lowest BCUT2D eigenvalue weighted by molar-refractivity contribution is -0.119.